The van der Waals surface area contributed by atoms with Gasteiger partial charge in [-0.2, -0.15) is 0 Å². The first kappa shape index (κ1) is 17.6. The van der Waals surface area contributed by atoms with Crippen molar-refractivity contribution in [3.8, 4) is 5.75 Å². The van der Waals surface area contributed by atoms with Gasteiger partial charge in [0, 0.05) is 5.57 Å². The fourth-order valence-electron chi connectivity index (χ4n) is 2.41. The Bertz CT molecular complexity index is 687. The van der Waals surface area contributed by atoms with Gasteiger partial charge in [-0.15, -0.1) is 0 Å². The van der Waals surface area contributed by atoms with E-state index in [1.165, 1.54) is 0 Å². The van der Waals surface area contributed by atoms with Gasteiger partial charge in [-0.3, -0.25) is 0 Å². The van der Waals surface area contributed by atoms with Crippen molar-refractivity contribution < 1.29 is 19.4 Å². The first-order valence-electron chi connectivity index (χ1n) is 8.02. The van der Waals surface area contributed by atoms with Gasteiger partial charge in [0.05, 0.1) is 6.61 Å². The van der Waals surface area contributed by atoms with Crippen LogP contribution in [0.5, 0.6) is 5.75 Å². The van der Waals surface area contributed by atoms with Crippen LogP contribution in [0.1, 0.15) is 31.4 Å². The Morgan fingerprint density at radius 1 is 1.00 bits per heavy atom. The maximum atomic E-state index is 11.4. The number of hydrogen-bond acceptors (Lipinski definition) is 3. The summed E-state index contributed by atoms with van der Waals surface area (Å²) in [4.78, 5) is 11.4. The topological polar surface area (TPSA) is 55.8 Å². The van der Waals surface area contributed by atoms with Crippen molar-refractivity contribution in [2.24, 2.45) is 0 Å². The average molecular weight is 326 g/mol. The fraction of sp³-hybridized carbons (Fsp3) is 0.250. The molecule has 2 aromatic carbocycles. The Morgan fingerprint density at radius 3 is 2.21 bits per heavy atom. The van der Waals surface area contributed by atoms with E-state index < -0.39 is 5.97 Å². The van der Waals surface area contributed by atoms with Gasteiger partial charge < -0.3 is 14.6 Å². The van der Waals surface area contributed by atoms with Crippen molar-refractivity contribution in [3.05, 3.63) is 71.5 Å². The summed E-state index contributed by atoms with van der Waals surface area (Å²) in [6, 6.07) is 17.3. The highest BCUT2D eigenvalue weighted by Gasteiger charge is 2.16. The summed E-state index contributed by atoms with van der Waals surface area (Å²) in [5, 5.41) is 9.32. The van der Waals surface area contributed by atoms with Gasteiger partial charge in [0.25, 0.3) is 0 Å². The predicted molar refractivity (Wildman–Crippen MR) is 93.7 cm³/mol. The lowest BCUT2D eigenvalue weighted by atomic mass is 10.0. The molecule has 2 rings (SSSR count). The molecule has 0 atom stereocenters. The van der Waals surface area contributed by atoms with Gasteiger partial charge in [0.1, 0.15) is 12.4 Å². The number of aliphatic carboxylic acids is 1. The monoisotopic (exact) mass is 326 g/mol. The molecule has 1 N–H and O–H groups in total. The lowest BCUT2D eigenvalue weighted by molar-refractivity contribution is -0.136. The van der Waals surface area contributed by atoms with Crippen LogP contribution in [0.25, 0.3) is 5.57 Å². The highest BCUT2D eigenvalue weighted by atomic mass is 16.5. The number of carboxylic acids is 1. The Labute approximate surface area is 142 Å². The zero-order valence-electron chi connectivity index (χ0n) is 14.0. The maximum absolute atomic E-state index is 11.4. The van der Waals surface area contributed by atoms with Crippen LogP contribution < -0.4 is 4.74 Å². The van der Waals surface area contributed by atoms with Gasteiger partial charge in [-0.1, -0.05) is 49.4 Å². The van der Waals surface area contributed by atoms with E-state index in [1.807, 2.05) is 61.5 Å². The molecule has 4 heteroatoms. The maximum Gasteiger partial charge on any atom is 0.371 e. The first-order chi connectivity index (χ1) is 11.7. The zero-order valence-corrected chi connectivity index (χ0v) is 14.0. The smallest absolute Gasteiger partial charge is 0.371 e. The average Bonchev–Trinajstić information content (AvgIpc) is 2.61. The molecule has 0 aliphatic carbocycles. The van der Waals surface area contributed by atoms with Crippen LogP contribution in [-0.4, -0.2) is 17.7 Å². The molecule has 0 unspecified atom stereocenters. The third-order valence-electron chi connectivity index (χ3n) is 3.56. The van der Waals surface area contributed by atoms with Crippen LogP contribution in [0.3, 0.4) is 0 Å². The van der Waals surface area contributed by atoms with Crippen molar-refractivity contribution in [2.45, 2.75) is 26.9 Å². The molecule has 0 bridgehead atoms. The van der Waals surface area contributed by atoms with Crippen LogP contribution in [0, 0.1) is 0 Å². The van der Waals surface area contributed by atoms with Crippen LogP contribution >= 0.6 is 0 Å². The number of carbonyl (C=O) groups is 1. The molecule has 0 amide bonds. The SMILES string of the molecule is CCOC(C(=O)O)=C(CC)c1ccc(OCc2ccccc2)cc1. The number of hydrogen-bond donors (Lipinski definition) is 1. The number of allylic oxidation sites excluding steroid dienone is 1. The highest BCUT2D eigenvalue weighted by Crippen LogP contribution is 2.25. The van der Waals surface area contributed by atoms with Gasteiger partial charge in [-0.25, -0.2) is 4.79 Å². The number of rotatable bonds is 8. The number of ether oxygens (including phenoxy) is 2. The van der Waals surface area contributed by atoms with Gasteiger partial charge in [0.2, 0.25) is 5.76 Å². The van der Waals surface area contributed by atoms with Crippen molar-refractivity contribution in [2.75, 3.05) is 6.61 Å². The van der Waals surface area contributed by atoms with E-state index in [0.29, 0.717) is 25.2 Å². The van der Waals surface area contributed by atoms with Gasteiger partial charge in [0.15, 0.2) is 0 Å². The van der Waals surface area contributed by atoms with E-state index in [4.69, 9.17) is 9.47 Å². The molecule has 0 aromatic heterocycles. The minimum atomic E-state index is -1.04. The fourth-order valence-corrected chi connectivity index (χ4v) is 2.41. The second-order valence-corrected chi connectivity index (χ2v) is 5.20. The summed E-state index contributed by atoms with van der Waals surface area (Å²) in [6.07, 6.45) is 0.575. The highest BCUT2D eigenvalue weighted by molar-refractivity contribution is 5.94. The van der Waals surface area contributed by atoms with E-state index in [0.717, 1.165) is 16.9 Å². The first-order valence-corrected chi connectivity index (χ1v) is 8.02. The number of benzene rings is 2. The molecule has 0 fully saturated rings. The number of carboxylic acid groups (broad SMARTS) is 1. The van der Waals surface area contributed by atoms with Crippen molar-refractivity contribution >= 4 is 11.5 Å². The lowest BCUT2D eigenvalue weighted by Crippen LogP contribution is -2.08. The van der Waals surface area contributed by atoms with E-state index in [-0.39, 0.29) is 5.76 Å². The van der Waals surface area contributed by atoms with E-state index >= 15 is 0 Å². The standard InChI is InChI=1S/C20H22O4/c1-3-18(19(20(21)22)23-4-2)16-10-12-17(13-11-16)24-14-15-8-6-5-7-9-15/h5-13H,3-4,14H2,1-2H3,(H,21,22). The molecule has 0 saturated heterocycles. The molecule has 0 saturated carbocycles. The summed E-state index contributed by atoms with van der Waals surface area (Å²) in [7, 11) is 0. The molecule has 0 heterocycles. The van der Waals surface area contributed by atoms with Crippen molar-refractivity contribution in [3.63, 3.8) is 0 Å². The largest absolute Gasteiger partial charge is 0.489 e. The Hall–Kier alpha value is -2.75. The Kier molecular flexibility index (Phi) is 6.43. The molecule has 0 radical (unpaired) electrons. The second kappa shape index (κ2) is 8.77. The summed E-state index contributed by atoms with van der Waals surface area (Å²) >= 11 is 0. The molecule has 2 aromatic rings. The molecular weight excluding hydrogens is 304 g/mol. The van der Waals surface area contributed by atoms with E-state index in [9.17, 15) is 9.90 Å². The minimum absolute atomic E-state index is 0.0120. The Balaban J connectivity index is 2.15. The van der Waals surface area contributed by atoms with Crippen LogP contribution in [0.4, 0.5) is 0 Å². The Morgan fingerprint density at radius 2 is 1.67 bits per heavy atom. The summed E-state index contributed by atoms with van der Waals surface area (Å²) < 4.78 is 11.0. The molecular formula is C20H22O4. The van der Waals surface area contributed by atoms with E-state index in [1.54, 1.807) is 6.92 Å². The molecule has 126 valence electrons. The third kappa shape index (κ3) is 4.62. The van der Waals surface area contributed by atoms with E-state index in [2.05, 4.69) is 0 Å². The predicted octanol–water partition coefficient (Wildman–Crippen LogP) is 4.51. The molecule has 0 aliphatic heterocycles. The summed E-state index contributed by atoms with van der Waals surface area (Å²) in [5.74, 6) is -0.289. The minimum Gasteiger partial charge on any atom is -0.489 e. The third-order valence-corrected chi connectivity index (χ3v) is 3.56. The molecule has 0 spiro atoms. The van der Waals surface area contributed by atoms with Gasteiger partial charge in [-0.05, 0) is 36.6 Å². The molecule has 4 nitrogen and oxygen atoms in total. The summed E-state index contributed by atoms with van der Waals surface area (Å²) in [6.45, 7) is 4.51. The van der Waals surface area contributed by atoms with Crippen molar-refractivity contribution in [1.29, 1.82) is 0 Å². The summed E-state index contributed by atoms with van der Waals surface area (Å²) in [5.41, 5.74) is 2.61. The molecule has 0 aliphatic rings. The normalized spacial score (nSPS) is 11.6. The second-order valence-electron chi connectivity index (χ2n) is 5.20. The van der Waals surface area contributed by atoms with Crippen molar-refractivity contribution in [1.82, 2.24) is 0 Å². The lowest BCUT2D eigenvalue weighted by Gasteiger charge is -2.12. The zero-order chi connectivity index (χ0) is 17.4. The molecule has 24 heavy (non-hydrogen) atoms. The van der Waals surface area contributed by atoms with Crippen LogP contribution in [0.15, 0.2) is 60.4 Å². The van der Waals surface area contributed by atoms with Crippen LogP contribution in [0.2, 0.25) is 0 Å². The van der Waals surface area contributed by atoms with Crippen LogP contribution in [-0.2, 0) is 16.1 Å². The van der Waals surface area contributed by atoms with Gasteiger partial charge >= 0.3 is 5.97 Å². The quantitative estimate of drug-likeness (QED) is 0.573.